The van der Waals surface area contributed by atoms with Gasteiger partial charge in [0.25, 0.3) is 0 Å². The summed E-state index contributed by atoms with van der Waals surface area (Å²) >= 11 is 0. The Labute approximate surface area is 102 Å². The van der Waals surface area contributed by atoms with Crippen LogP contribution in [0, 0.1) is 17.8 Å². The molecule has 3 atom stereocenters. The van der Waals surface area contributed by atoms with Crippen LogP contribution in [0.4, 0.5) is 0 Å². The zero-order valence-electron chi connectivity index (χ0n) is 11.7. The molecule has 2 unspecified atom stereocenters. The molecular formula is C15H30O. The van der Waals surface area contributed by atoms with Crippen molar-refractivity contribution in [1.82, 2.24) is 0 Å². The lowest BCUT2D eigenvalue weighted by Gasteiger charge is -2.16. The lowest BCUT2D eigenvalue weighted by Crippen LogP contribution is -2.04. The summed E-state index contributed by atoms with van der Waals surface area (Å²) in [6.07, 6.45) is 9.74. The standard InChI is InChI=1S/C15H30O/c1-5-7-13(2)8-6-9-14(3)12-15(4)10-11-16/h11,13-15H,5-10,12H2,1-4H3/t13-,14?,15?/m1/s1. The largest absolute Gasteiger partial charge is 0.303 e. The van der Waals surface area contributed by atoms with Gasteiger partial charge in [-0.2, -0.15) is 0 Å². The first kappa shape index (κ1) is 15.7. The van der Waals surface area contributed by atoms with Gasteiger partial charge >= 0.3 is 0 Å². The molecule has 0 aromatic rings. The van der Waals surface area contributed by atoms with Crippen LogP contribution in [0.5, 0.6) is 0 Å². The smallest absolute Gasteiger partial charge is 0.120 e. The summed E-state index contributed by atoms with van der Waals surface area (Å²) < 4.78 is 0. The van der Waals surface area contributed by atoms with E-state index in [0.717, 1.165) is 24.5 Å². The molecule has 0 heterocycles. The fourth-order valence-corrected chi connectivity index (χ4v) is 2.52. The number of hydrogen-bond donors (Lipinski definition) is 0. The minimum Gasteiger partial charge on any atom is -0.303 e. The highest BCUT2D eigenvalue weighted by atomic mass is 16.1. The maximum Gasteiger partial charge on any atom is 0.120 e. The van der Waals surface area contributed by atoms with Gasteiger partial charge in [-0.25, -0.2) is 0 Å². The van der Waals surface area contributed by atoms with Crippen molar-refractivity contribution in [2.75, 3.05) is 0 Å². The van der Waals surface area contributed by atoms with Crippen molar-refractivity contribution in [1.29, 1.82) is 0 Å². The van der Waals surface area contributed by atoms with Gasteiger partial charge in [0.2, 0.25) is 0 Å². The molecular weight excluding hydrogens is 196 g/mol. The Morgan fingerprint density at radius 2 is 1.56 bits per heavy atom. The number of hydrogen-bond acceptors (Lipinski definition) is 1. The fourth-order valence-electron chi connectivity index (χ4n) is 2.52. The van der Waals surface area contributed by atoms with E-state index >= 15 is 0 Å². The van der Waals surface area contributed by atoms with E-state index in [1.165, 1.54) is 38.5 Å². The van der Waals surface area contributed by atoms with Crippen molar-refractivity contribution >= 4 is 6.29 Å². The molecule has 0 aliphatic rings. The van der Waals surface area contributed by atoms with Crippen LogP contribution in [0.25, 0.3) is 0 Å². The van der Waals surface area contributed by atoms with E-state index in [4.69, 9.17) is 0 Å². The molecule has 0 bridgehead atoms. The van der Waals surface area contributed by atoms with Gasteiger partial charge in [0, 0.05) is 6.42 Å². The van der Waals surface area contributed by atoms with Crippen LogP contribution in [0.2, 0.25) is 0 Å². The first-order chi connectivity index (χ1) is 7.60. The highest BCUT2D eigenvalue weighted by Crippen LogP contribution is 2.21. The van der Waals surface area contributed by atoms with Crippen LogP contribution in [0.3, 0.4) is 0 Å². The van der Waals surface area contributed by atoms with Crippen LogP contribution in [-0.4, -0.2) is 6.29 Å². The molecule has 0 aromatic heterocycles. The molecule has 0 rings (SSSR count). The number of carbonyl (C=O) groups is 1. The molecule has 0 amide bonds. The highest BCUT2D eigenvalue weighted by molar-refractivity contribution is 5.49. The Bertz CT molecular complexity index is 165. The first-order valence-electron chi connectivity index (χ1n) is 7.03. The molecule has 1 nitrogen and oxygen atoms in total. The predicted molar refractivity (Wildman–Crippen MR) is 71.5 cm³/mol. The van der Waals surface area contributed by atoms with Gasteiger partial charge in [-0.15, -0.1) is 0 Å². The summed E-state index contributed by atoms with van der Waals surface area (Å²) in [7, 11) is 0. The van der Waals surface area contributed by atoms with Gasteiger partial charge < -0.3 is 4.79 Å². The minimum atomic E-state index is 0.570. The summed E-state index contributed by atoms with van der Waals surface area (Å²) in [5.41, 5.74) is 0. The zero-order chi connectivity index (χ0) is 12.4. The zero-order valence-corrected chi connectivity index (χ0v) is 11.7. The Kier molecular flexibility index (Phi) is 9.66. The third kappa shape index (κ3) is 8.94. The molecule has 0 spiro atoms. The average molecular weight is 226 g/mol. The molecule has 0 aliphatic carbocycles. The number of rotatable bonds is 10. The summed E-state index contributed by atoms with van der Waals surface area (Å²) in [4.78, 5) is 10.4. The van der Waals surface area contributed by atoms with Gasteiger partial charge in [0.05, 0.1) is 0 Å². The van der Waals surface area contributed by atoms with Crippen LogP contribution in [0.15, 0.2) is 0 Å². The Balaban J connectivity index is 3.49. The SMILES string of the molecule is CCC[C@@H](C)CCCC(C)CC(C)CC=O. The van der Waals surface area contributed by atoms with Gasteiger partial charge in [-0.05, 0) is 24.2 Å². The average Bonchev–Trinajstić information content (AvgIpc) is 2.18. The van der Waals surface area contributed by atoms with E-state index < -0.39 is 0 Å². The quantitative estimate of drug-likeness (QED) is 0.487. The maximum absolute atomic E-state index is 10.4. The fraction of sp³-hybridized carbons (Fsp3) is 0.933. The molecule has 0 aliphatic heterocycles. The van der Waals surface area contributed by atoms with Crippen molar-refractivity contribution in [2.45, 2.75) is 72.6 Å². The second-order valence-corrected chi connectivity index (χ2v) is 5.67. The third-order valence-corrected chi connectivity index (χ3v) is 3.48. The Morgan fingerprint density at radius 3 is 2.12 bits per heavy atom. The van der Waals surface area contributed by atoms with E-state index in [-0.39, 0.29) is 0 Å². The summed E-state index contributed by atoms with van der Waals surface area (Å²) in [6, 6.07) is 0. The van der Waals surface area contributed by atoms with Crippen molar-refractivity contribution in [3.05, 3.63) is 0 Å². The minimum absolute atomic E-state index is 0.570. The summed E-state index contributed by atoms with van der Waals surface area (Å²) in [5.74, 6) is 2.24. The number of carbonyl (C=O) groups excluding carboxylic acids is 1. The van der Waals surface area contributed by atoms with Crippen molar-refractivity contribution < 1.29 is 4.79 Å². The second-order valence-electron chi connectivity index (χ2n) is 5.67. The van der Waals surface area contributed by atoms with Gasteiger partial charge in [-0.1, -0.05) is 59.8 Å². The van der Waals surface area contributed by atoms with E-state index in [9.17, 15) is 4.79 Å². The van der Waals surface area contributed by atoms with Gasteiger partial charge in [0.15, 0.2) is 0 Å². The number of aldehydes is 1. The Morgan fingerprint density at radius 1 is 0.938 bits per heavy atom. The van der Waals surface area contributed by atoms with Crippen molar-refractivity contribution in [2.24, 2.45) is 17.8 Å². The van der Waals surface area contributed by atoms with Crippen molar-refractivity contribution in [3.8, 4) is 0 Å². The first-order valence-corrected chi connectivity index (χ1v) is 7.03. The predicted octanol–water partition coefficient (Wildman–Crippen LogP) is 4.84. The normalized spacial score (nSPS) is 16.8. The van der Waals surface area contributed by atoms with Crippen LogP contribution in [0.1, 0.15) is 72.6 Å². The third-order valence-electron chi connectivity index (χ3n) is 3.48. The maximum atomic E-state index is 10.4. The molecule has 96 valence electrons. The highest BCUT2D eigenvalue weighted by Gasteiger charge is 2.09. The molecule has 0 fully saturated rings. The van der Waals surface area contributed by atoms with Crippen LogP contribution in [-0.2, 0) is 4.79 Å². The molecule has 0 saturated carbocycles. The monoisotopic (exact) mass is 226 g/mol. The molecule has 0 radical (unpaired) electrons. The molecule has 0 N–H and O–H groups in total. The van der Waals surface area contributed by atoms with E-state index in [2.05, 4.69) is 27.7 Å². The topological polar surface area (TPSA) is 17.1 Å². The summed E-state index contributed by atoms with van der Waals surface area (Å²) in [6.45, 7) is 9.14. The molecule has 16 heavy (non-hydrogen) atoms. The molecule has 1 heteroatoms. The van der Waals surface area contributed by atoms with Crippen LogP contribution >= 0.6 is 0 Å². The van der Waals surface area contributed by atoms with Crippen LogP contribution < -0.4 is 0 Å². The second kappa shape index (κ2) is 9.86. The van der Waals surface area contributed by atoms with E-state index in [1.54, 1.807) is 0 Å². The van der Waals surface area contributed by atoms with Crippen molar-refractivity contribution in [3.63, 3.8) is 0 Å². The molecule has 0 aromatic carbocycles. The van der Waals surface area contributed by atoms with E-state index in [1.807, 2.05) is 0 Å². The lowest BCUT2D eigenvalue weighted by atomic mass is 9.89. The Hall–Kier alpha value is -0.330. The van der Waals surface area contributed by atoms with Gasteiger partial charge in [-0.3, -0.25) is 0 Å². The molecule has 0 saturated heterocycles. The summed E-state index contributed by atoms with van der Waals surface area (Å²) in [5, 5.41) is 0. The lowest BCUT2D eigenvalue weighted by molar-refractivity contribution is -0.108. The van der Waals surface area contributed by atoms with Gasteiger partial charge in [0.1, 0.15) is 6.29 Å². The van der Waals surface area contributed by atoms with E-state index in [0.29, 0.717) is 5.92 Å².